The van der Waals surface area contributed by atoms with E-state index in [1.165, 1.54) is 22.4 Å². The second kappa shape index (κ2) is 11.4. The molecule has 1 N–H and O–H groups in total. The Morgan fingerprint density at radius 3 is 2.47 bits per heavy atom. The summed E-state index contributed by atoms with van der Waals surface area (Å²) >= 11 is 0. The maximum Gasteiger partial charge on any atom is 0.194 e. The van der Waals surface area contributed by atoms with E-state index in [4.69, 9.17) is 0 Å². The zero-order chi connectivity index (χ0) is 21.6. The lowest BCUT2D eigenvalue weighted by atomic mass is 10.1. The van der Waals surface area contributed by atoms with Gasteiger partial charge in [0, 0.05) is 57.9 Å². The summed E-state index contributed by atoms with van der Waals surface area (Å²) in [6.45, 7) is 9.77. The zero-order valence-corrected chi connectivity index (χ0v) is 21.5. The van der Waals surface area contributed by atoms with Crippen LogP contribution in [-0.2, 0) is 13.1 Å². The Hall–Kier alpha value is -2.55. The summed E-state index contributed by atoms with van der Waals surface area (Å²) in [4.78, 5) is 13.9. The van der Waals surface area contributed by atoms with Crippen LogP contribution in [0.3, 0.4) is 0 Å². The number of aryl methyl sites for hydroxylation is 1. The van der Waals surface area contributed by atoms with Gasteiger partial charge in [-0.05, 0) is 36.6 Å². The molecule has 0 spiro atoms. The lowest BCUT2D eigenvalue weighted by Crippen LogP contribution is -2.52. The summed E-state index contributed by atoms with van der Waals surface area (Å²) in [7, 11) is 1.86. The van der Waals surface area contributed by atoms with Crippen molar-refractivity contribution in [2.45, 2.75) is 26.9 Å². The number of guanidine groups is 1. The van der Waals surface area contributed by atoms with Gasteiger partial charge >= 0.3 is 0 Å². The number of hydrogen-bond acceptors (Lipinski definition) is 3. The normalized spacial score (nSPS) is 14.3. The number of aromatic nitrogens is 2. The SMILES string of the molecule is CN=C(NCc1nccn1Cc1ccccc1)N1CCN(c2cccc(C)c2C)CC1.I. The molecule has 0 unspecified atom stereocenters. The second-order valence-corrected chi connectivity index (χ2v) is 8.05. The molecular formula is C25H33IN6. The Morgan fingerprint density at radius 2 is 1.75 bits per heavy atom. The monoisotopic (exact) mass is 544 g/mol. The number of aliphatic imine (C=N–C) groups is 1. The minimum atomic E-state index is 0. The molecule has 7 heteroatoms. The van der Waals surface area contributed by atoms with Crippen LogP contribution in [0.5, 0.6) is 0 Å². The zero-order valence-electron chi connectivity index (χ0n) is 19.2. The summed E-state index contributed by atoms with van der Waals surface area (Å²) in [5, 5.41) is 3.52. The highest BCUT2D eigenvalue weighted by molar-refractivity contribution is 14.0. The molecule has 170 valence electrons. The number of benzene rings is 2. The molecule has 1 fully saturated rings. The second-order valence-electron chi connectivity index (χ2n) is 8.05. The highest BCUT2D eigenvalue weighted by atomic mass is 127. The summed E-state index contributed by atoms with van der Waals surface area (Å²) < 4.78 is 2.19. The van der Waals surface area contributed by atoms with E-state index in [1.807, 2.05) is 25.5 Å². The molecule has 1 aromatic heterocycles. The van der Waals surface area contributed by atoms with Gasteiger partial charge in [-0.15, -0.1) is 24.0 Å². The van der Waals surface area contributed by atoms with Gasteiger partial charge in [-0.25, -0.2) is 4.98 Å². The number of rotatable bonds is 5. The van der Waals surface area contributed by atoms with E-state index in [-0.39, 0.29) is 24.0 Å². The van der Waals surface area contributed by atoms with Crippen molar-refractivity contribution in [3.63, 3.8) is 0 Å². The molecule has 0 bridgehead atoms. The first-order chi connectivity index (χ1) is 15.2. The van der Waals surface area contributed by atoms with Gasteiger partial charge in [0.05, 0.1) is 6.54 Å². The van der Waals surface area contributed by atoms with Crippen molar-refractivity contribution in [2.24, 2.45) is 4.99 Å². The number of anilines is 1. The van der Waals surface area contributed by atoms with E-state index in [1.54, 1.807) is 0 Å². The third kappa shape index (κ3) is 5.62. The number of nitrogens with zero attached hydrogens (tertiary/aromatic N) is 5. The lowest BCUT2D eigenvalue weighted by molar-refractivity contribution is 0.371. The highest BCUT2D eigenvalue weighted by Gasteiger charge is 2.21. The van der Waals surface area contributed by atoms with Crippen molar-refractivity contribution in [1.29, 1.82) is 0 Å². The Balaban J connectivity index is 0.00000289. The van der Waals surface area contributed by atoms with Gasteiger partial charge in [-0.2, -0.15) is 0 Å². The van der Waals surface area contributed by atoms with Crippen LogP contribution in [0.1, 0.15) is 22.5 Å². The van der Waals surface area contributed by atoms with Crippen LogP contribution in [0.2, 0.25) is 0 Å². The molecule has 32 heavy (non-hydrogen) atoms. The van der Waals surface area contributed by atoms with Gasteiger partial charge in [0.1, 0.15) is 5.82 Å². The van der Waals surface area contributed by atoms with Crippen molar-refractivity contribution in [3.05, 3.63) is 83.4 Å². The Labute approximate surface area is 208 Å². The summed E-state index contributed by atoms with van der Waals surface area (Å²) in [5.74, 6) is 1.95. The molecular weight excluding hydrogens is 511 g/mol. The third-order valence-electron chi connectivity index (χ3n) is 6.11. The van der Waals surface area contributed by atoms with Gasteiger partial charge in [0.15, 0.2) is 5.96 Å². The number of hydrogen-bond donors (Lipinski definition) is 1. The smallest absolute Gasteiger partial charge is 0.194 e. The van der Waals surface area contributed by atoms with Crippen LogP contribution in [0.4, 0.5) is 5.69 Å². The first kappa shape index (κ1) is 24.1. The average Bonchev–Trinajstić information content (AvgIpc) is 3.24. The Morgan fingerprint density at radius 1 is 1.00 bits per heavy atom. The minimum absolute atomic E-state index is 0. The molecule has 0 amide bonds. The minimum Gasteiger partial charge on any atom is -0.368 e. The standard InChI is InChI=1S/C25H32N6.HI/c1-20-8-7-11-23(21(20)2)29-14-16-30(17-15-29)25(26-3)28-18-24-27-12-13-31(24)19-22-9-5-4-6-10-22;/h4-13H,14-19H2,1-3H3,(H,26,28);1H. The average molecular weight is 544 g/mol. The van der Waals surface area contributed by atoms with Crippen LogP contribution in [0.25, 0.3) is 0 Å². The molecule has 1 saturated heterocycles. The Kier molecular flexibility index (Phi) is 8.55. The quantitative estimate of drug-likeness (QED) is 0.299. The van der Waals surface area contributed by atoms with Crippen LogP contribution in [0.15, 0.2) is 65.9 Å². The lowest BCUT2D eigenvalue weighted by Gasteiger charge is -2.38. The van der Waals surface area contributed by atoms with Gasteiger partial charge in [0.2, 0.25) is 0 Å². The summed E-state index contributed by atoms with van der Waals surface area (Å²) in [6.07, 6.45) is 3.90. The molecule has 2 heterocycles. The number of nitrogens with one attached hydrogen (secondary N) is 1. The van der Waals surface area contributed by atoms with E-state index in [0.29, 0.717) is 6.54 Å². The van der Waals surface area contributed by atoms with Crippen LogP contribution < -0.4 is 10.2 Å². The predicted molar refractivity (Wildman–Crippen MR) is 143 cm³/mol. The van der Waals surface area contributed by atoms with Crippen LogP contribution in [-0.4, -0.2) is 53.6 Å². The first-order valence-electron chi connectivity index (χ1n) is 11.0. The molecule has 0 aliphatic carbocycles. The van der Waals surface area contributed by atoms with Crippen LogP contribution in [0, 0.1) is 13.8 Å². The van der Waals surface area contributed by atoms with Gasteiger partial charge in [-0.3, -0.25) is 4.99 Å². The Bertz CT molecular complexity index is 1020. The first-order valence-corrected chi connectivity index (χ1v) is 11.0. The van der Waals surface area contributed by atoms with E-state index < -0.39 is 0 Å². The predicted octanol–water partition coefficient (Wildman–Crippen LogP) is 4.06. The maximum atomic E-state index is 4.55. The number of piperazine rings is 1. The molecule has 0 atom stereocenters. The highest BCUT2D eigenvalue weighted by Crippen LogP contribution is 2.23. The molecule has 2 aromatic carbocycles. The van der Waals surface area contributed by atoms with Gasteiger partial charge in [-0.1, -0.05) is 42.5 Å². The van der Waals surface area contributed by atoms with Crippen molar-refractivity contribution in [3.8, 4) is 0 Å². The molecule has 0 saturated carbocycles. The van der Waals surface area contributed by atoms with Crippen molar-refractivity contribution in [1.82, 2.24) is 19.8 Å². The molecule has 6 nitrogen and oxygen atoms in total. The van der Waals surface area contributed by atoms with Crippen LogP contribution >= 0.6 is 24.0 Å². The third-order valence-corrected chi connectivity index (χ3v) is 6.11. The number of imidazole rings is 1. The van der Waals surface area contributed by atoms with Crippen molar-refractivity contribution >= 4 is 35.6 Å². The van der Waals surface area contributed by atoms with Crippen molar-refractivity contribution < 1.29 is 0 Å². The van der Waals surface area contributed by atoms with Gasteiger partial charge in [0.25, 0.3) is 0 Å². The van der Waals surface area contributed by atoms with Gasteiger partial charge < -0.3 is 19.7 Å². The summed E-state index contributed by atoms with van der Waals surface area (Å²) in [5.41, 5.74) is 5.35. The van der Waals surface area contributed by atoms with E-state index >= 15 is 0 Å². The summed E-state index contributed by atoms with van der Waals surface area (Å²) in [6, 6.07) is 17.1. The fraction of sp³-hybridized carbons (Fsp3) is 0.360. The number of halogens is 1. The molecule has 1 aliphatic rings. The fourth-order valence-corrected chi connectivity index (χ4v) is 4.16. The largest absolute Gasteiger partial charge is 0.368 e. The molecule has 1 aliphatic heterocycles. The molecule has 0 radical (unpaired) electrons. The van der Waals surface area contributed by atoms with E-state index in [9.17, 15) is 0 Å². The maximum absolute atomic E-state index is 4.55. The molecule has 4 rings (SSSR count). The topological polar surface area (TPSA) is 48.7 Å². The molecule has 3 aromatic rings. The van der Waals surface area contributed by atoms with E-state index in [2.05, 4.69) is 86.0 Å². The van der Waals surface area contributed by atoms with E-state index in [0.717, 1.165) is 44.5 Å². The fourth-order valence-electron chi connectivity index (χ4n) is 4.16. The van der Waals surface area contributed by atoms with Crippen molar-refractivity contribution in [2.75, 3.05) is 38.1 Å².